The summed E-state index contributed by atoms with van der Waals surface area (Å²) in [6.07, 6.45) is 0. The molecule has 3 N–H and O–H groups in total. The fraction of sp³-hybridized carbons (Fsp3) is 0.462. The second kappa shape index (κ2) is 5.25. The first-order chi connectivity index (χ1) is 8.24. The zero-order chi connectivity index (χ0) is 13.9. The largest absolute Gasteiger partial charge is 0.462 e. The second-order valence-electron chi connectivity index (χ2n) is 5.01. The first-order valence-electron chi connectivity index (χ1n) is 5.79. The molecular weight excluding hydrogens is 235 g/mol. The lowest BCUT2D eigenvalue weighted by atomic mass is 10.1. The smallest absolute Gasteiger partial charge is 0.340 e. The average Bonchev–Trinajstić information content (AvgIpc) is 2.20. The Labute approximate surface area is 106 Å². The number of halogens is 1. The highest BCUT2D eigenvalue weighted by atomic mass is 19.1. The van der Waals surface area contributed by atoms with Crippen molar-refractivity contribution < 1.29 is 13.9 Å². The van der Waals surface area contributed by atoms with Crippen LogP contribution in [0.4, 0.5) is 15.8 Å². The van der Waals surface area contributed by atoms with E-state index in [4.69, 9.17) is 10.5 Å². The van der Waals surface area contributed by atoms with Crippen molar-refractivity contribution >= 4 is 17.3 Å². The highest BCUT2D eigenvalue weighted by molar-refractivity contribution is 5.96. The summed E-state index contributed by atoms with van der Waals surface area (Å²) in [6.45, 7) is 7.64. The molecule has 0 aromatic heterocycles. The quantitative estimate of drug-likeness (QED) is 0.643. The van der Waals surface area contributed by atoms with Crippen LogP contribution in [0.15, 0.2) is 12.1 Å². The molecular formula is C13H19FN2O2. The molecule has 0 amide bonds. The summed E-state index contributed by atoms with van der Waals surface area (Å²) in [7, 11) is 0. The number of anilines is 2. The molecule has 1 rings (SSSR count). The number of esters is 1. The Morgan fingerprint density at radius 2 is 2.06 bits per heavy atom. The third-order valence-electron chi connectivity index (χ3n) is 2.14. The van der Waals surface area contributed by atoms with E-state index in [0.717, 1.165) is 6.07 Å². The molecule has 0 spiro atoms. The second-order valence-corrected chi connectivity index (χ2v) is 5.01. The Morgan fingerprint density at radius 3 is 2.56 bits per heavy atom. The molecule has 1 aromatic carbocycles. The van der Waals surface area contributed by atoms with Crippen molar-refractivity contribution in [2.45, 2.75) is 33.2 Å². The van der Waals surface area contributed by atoms with E-state index in [1.54, 1.807) is 6.92 Å². The van der Waals surface area contributed by atoms with Crippen LogP contribution in [-0.4, -0.2) is 18.1 Å². The third kappa shape index (κ3) is 3.61. The van der Waals surface area contributed by atoms with Crippen molar-refractivity contribution in [2.75, 3.05) is 17.7 Å². The number of nitrogens with two attached hydrogens (primary N) is 1. The number of ether oxygens (including phenoxy) is 1. The minimum absolute atomic E-state index is 0.0745. The fourth-order valence-corrected chi connectivity index (χ4v) is 1.47. The van der Waals surface area contributed by atoms with E-state index in [1.807, 2.05) is 20.8 Å². The highest BCUT2D eigenvalue weighted by Gasteiger charge is 2.18. The van der Waals surface area contributed by atoms with Gasteiger partial charge in [-0.1, -0.05) is 0 Å². The van der Waals surface area contributed by atoms with Crippen LogP contribution in [0.3, 0.4) is 0 Å². The zero-order valence-corrected chi connectivity index (χ0v) is 11.1. The summed E-state index contributed by atoms with van der Waals surface area (Å²) in [5.74, 6) is -1.04. The summed E-state index contributed by atoms with van der Waals surface area (Å²) in [5.41, 5.74) is 5.78. The molecule has 18 heavy (non-hydrogen) atoms. The maximum Gasteiger partial charge on any atom is 0.340 e. The first-order valence-corrected chi connectivity index (χ1v) is 5.79. The van der Waals surface area contributed by atoms with Gasteiger partial charge in [0.2, 0.25) is 0 Å². The van der Waals surface area contributed by atoms with Crippen LogP contribution < -0.4 is 11.1 Å². The molecule has 4 nitrogen and oxygen atoms in total. The molecule has 0 radical (unpaired) electrons. The van der Waals surface area contributed by atoms with Crippen LogP contribution in [0.25, 0.3) is 0 Å². The summed E-state index contributed by atoms with van der Waals surface area (Å²) >= 11 is 0. The van der Waals surface area contributed by atoms with Crippen molar-refractivity contribution in [1.82, 2.24) is 0 Å². The lowest BCUT2D eigenvalue weighted by Gasteiger charge is -2.23. The van der Waals surface area contributed by atoms with Crippen molar-refractivity contribution in [3.8, 4) is 0 Å². The van der Waals surface area contributed by atoms with Gasteiger partial charge >= 0.3 is 5.97 Å². The van der Waals surface area contributed by atoms with Gasteiger partial charge < -0.3 is 15.8 Å². The van der Waals surface area contributed by atoms with Gasteiger partial charge in [0.05, 0.1) is 17.9 Å². The van der Waals surface area contributed by atoms with Gasteiger partial charge in [-0.2, -0.15) is 0 Å². The number of hydrogen-bond acceptors (Lipinski definition) is 4. The fourth-order valence-electron chi connectivity index (χ4n) is 1.47. The monoisotopic (exact) mass is 254 g/mol. The topological polar surface area (TPSA) is 64.3 Å². The summed E-state index contributed by atoms with van der Waals surface area (Å²) < 4.78 is 18.6. The van der Waals surface area contributed by atoms with Gasteiger partial charge in [-0.15, -0.1) is 0 Å². The molecule has 0 aliphatic heterocycles. The lowest BCUT2D eigenvalue weighted by molar-refractivity contribution is 0.0527. The standard InChI is InChI=1S/C13H19FN2O2/c1-5-18-12(17)8-6-11(16-13(2,3)4)9(14)7-10(8)15/h6-7,16H,5,15H2,1-4H3. The van der Waals surface area contributed by atoms with Crippen molar-refractivity contribution in [2.24, 2.45) is 0 Å². The van der Waals surface area contributed by atoms with Crippen LogP contribution in [0.1, 0.15) is 38.1 Å². The van der Waals surface area contributed by atoms with Gasteiger partial charge in [0.1, 0.15) is 5.82 Å². The van der Waals surface area contributed by atoms with E-state index < -0.39 is 11.8 Å². The SMILES string of the molecule is CCOC(=O)c1cc(NC(C)(C)C)c(F)cc1N. The summed E-state index contributed by atoms with van der Waals surface area (Å²) in [4.78, 5) is 11.6. The maximum atomic E-state index is 13.7. The molecule has 0 unspecified atom stereocenters. The predicted octanol–water partition coefficient (Wildman–Crippen LogP) is 2.79. The van der Waals surface area contributed by atoms with Crippen LogP contribution in [0, 0.1) is 5.82 Å². The Hall–Kier alpha value is -1.78. The van der Waals surface area contributed by atoms with Crippen LogP contribution in [-0.2, 0) is 4.74 Å². The van der Waals surface area contributed by atoms with E-state index >= 15 is 0 Å². The molecule has 0 aliphatic rings. The lowest BCUT2D eigenvalue weighted by Crippen LogP contribution is -2.27. The molecule has 0 aliphatic carbocycles. The Morgan fingerprint density at radius 1 is 1.44 bits per heavy atom. The molecule has 0 saturated carbocycles. The number of nitrogen functional groups attached to an aromatic ring is 1. The molecule has 0 heterocycles. The zero-order valence-electron chi connectivity index (χ0n) is 11.1. The number of hydrogen-bond donors (Lipinski definition) is 2. The minimum Gasteiger partial charge on any atom is -0.462 e. The van der Waals surface area contributed by atoms with Crippen LogP contribution in [0.2, 0.25) is 0 Å². The Balaban J connectivity index is 3.14. The molecule has 0 atom stereocenters. The molecule has 100 valence electrons. The van der Waals surface area contributed by atoms with Crippen molar-refractivity contribution in [3.05, 3.63) is 23.5 Å². The summed E-state index contributed by atoms with van der Waals surface area (Å²) in [6, 6.07) is 2.51. The maximum absolute atomic E-state index is 13.7. The molecule has 0 fully saturated rings. The van der Waals surface area contributed by atoms with E-state index in [9.17, 15) is 9.18 Å². The number of benzene rings is 1. The van der Waals surface area contributed by atoms with E-state index in [2.05, 4.69) is 5.32 Å². The normalized spacial score (nSPS) is 11.2. The Kier molecular flexibility index (Phi) is 4.16. The van der Waals surface area contributed by atoms with Gasteiger partial charge in [-0.05, 0) is 39.8 Å². The van der Waals surface area contributed by atoms with Gasteiger partial charge in [0.25, 0.3) is 0 Å². The Bertz CT molecular complexity index is 453. The van der Waals surface area contributed by atoms with Crippen molar-refractivity contribution in [1.29, 1.82) is 0 Å². The minimum atomic E-state index is -0.549. The van der Waals surface area contributed by atoms with Gasteiger partial charge in [-0.25, -0.2) is 9.18 Å². The van der Waals surface area contributed by atoms with Gasteiger partial charge in [0.15, 0.2) is 0 Å². The number of nitrogens with one attached hydrogen (secondary N) is 1. The van der Waals surface area contributed by atoms with Crippen LogP contribution in [0.5, 0.6) is 0 Å². The average molecular weight is 254 g/mol. The predicted molar refractivity (Wildman–Crippen MR) is 70.1 cm³/mol. The molecule has 0 bridgehead atoms. The van der Waals surface area contributed by atoms with Crippen LogP contribution >= 0.6 is 0 Å². The van der Waals surface area contributed by atoms with Gasteiger partial charge in [0, 0.05) is 11.2 Å². The number of carbonyl (C=O) groups excluding carboxylic acids is 1. The third-order valence-corrected chi connectivity index (χ3v) is 2.14. The van der Waals surface area contributed by atoms with Crippen molar-refractivity contribution in [3.63, 3.8) is 0 Å². The summed E-state index contributed by atoms with van der Waals surface area (Å²) in [5, 5.41) is 2.98. The number of carbonyl (C=O) groups is 1. The van der Waals surface area contributed by atoms with E-state index in [-0.39, 0.29) is 29.1 Å². The molecule has 1 aromatic rings. The number of rotatable bonds is 3. The van der Waals surface area contributed by atoms with E-state index in [0.29, 0.717) is 0 Å². The van der Waals surface area contributed by atoms with Gasteiger partial charge in [-0.3, -0.25) is 0 Å². The molecule has 5 heteroatoms. The molecule has 0 saturated heterocycles. The highest BCUT2D eigenvalue weighted by Crippen LogP contribution is 2.25. The first kappa shape index (κ1) is 14.3. The van der Waals surface area contributed by atoms with E-state index in [1.165, 1.54) is 6.07 Å².